The molecule has 1 aliphatic rings. The Morgan fingerprint density at radius 1 is 1.31 bits per heavy atom. The maximum Gasteiger partial charge on any atom is 0.0104 e. The van der Waals surface area contributed by atoms with Gasteiger partial charge in [0, 0.05) is 6.04 Å². The van der Waals surface area contributed by atoms with Gasteiger partial charge in [0.15, 0.2) is 0 Å². The fourth-order valence-electron chi connectivity index (χ4n) is 2.08. The van der Waals surface area contributed by atoms with Crippen molar-refractivity contribution in [2.24, 2.45) is 0 Å². The quantitative estimate of drug-likeness (QED) is 0.656. The van der Waals surface area contributed by atoms with Crippen LogP contribution >= 0.6 is 0 Å². The summed E-state index contributed by atoms with van der Waals surface area (Å²) in [7, 11) is 2.27. The number of likely N-dealkylation sites (tertiary alicyclic amines) is 1. The van der Waals surface area contributed by atoms with Gasteiger partial charge in [-0.1, -0.05) is 13.3 Å². The highest BCUT2D eigenvalue weighted by molar-refractivity contribution is 4.74. The van der Waals surface area contributed by atoms with Crippen molar-refractivity contribution in [3.63, 3.8) is 0 Å². The van der Waals surface area contributed by atoms with Crippen LogP contribution in [0.1, 0.15) is 39.0 Å². The Labute approximate surface area is 82.7 Å². The summed E-state index contributed by atoms with van der Waals surface area (Å²) in [5, 5.41) is 3.48. The average Bonchev–Trinajstić information content (AvgIpc) is 2.15. The van der Waals surface area contributed by atoms with Gasteiger partial charge in [-0.25, -0.2) is 0 Å². The molecule has 1 saturated heterocycles. The van der Waals surface area contributed by atoms with E-state index in [-0.39, 0.29) is 0 Å². The van der Waals surface area contributed by atoms with E-state index in [1.165, 1.54) is 51.7 Å². The van der Waals surface area contributed by atoms with Crippen molar-refractivity contribution < 1.29 is 0 Å². The van der Waals surface area contributed by atoms with Crippen molar-refractivity contribution >= 4 is 0 Å². The first-order valence-electron chi connectivity index (χ1n) is 5.75. The number of piperidine rings is 1. The lowest BCUT2D eigenvalue weighted by Crippen LogP contribution is -2.38. The zero-order valence-corrected chi connectivity index (χ0v) is 9.18. The van der Waals surface area contributed by atoms with Crippen LogP contribution < -0.4 is 5.32 Å². The van der Waals surface area contributed by atoms with Crippen LogP contribution in [0.2, 0.25) is 0 Å². The molecule has 0 aromatic carbocycles. The van der Waals surface area contributed by atoms with E-state index in [1.54, 1.807) is 0 Å². The fourth-order valence-corrected chi connectivity index (χ4v) is 2.08. The molecular weight excluding hydrogens is 160 g/mol. The van der Waals surface area contributed by atoms with E-state index >= 15 is 0 Å². The molecule has 0 spiro atoms. The summed E-state index contributed by atoms with van der Waals surface area (Å²) in [5.74, 6) is 0. The third-order valence-electron chi connectivity index (χ3n) is 3.00. The summed E-state index contributed by atoms with van der Waals surface area (Å²) >= 11 is 0. The standard InChI is InChI=1S/C11H24N2/c1-3-8-12-9-7-11-6-4-5-10-13(11)2/h11-12H,3-10H2,1-2H3. The van der Waals surface area contributed by atoms with Crippen LogP contribution in [0.4, 0.5) is 0 Å². The van der Waals surface area contributed by atoms with E-state index in [9.17, 15) is 0 Å². The van der Waals surface area contributed by atoms with Crippen molar-refractivity contribution in [1.82, 2.24) is 10.2 Å². The van der Waals surface area contributed by atoms with E-state index in [0.29, 0.717) is 0 Å². The first kappa shape index (κ1) is 11.0. The number of hydrogen-bond acceptors (Lipinski definition) is 2. The van der Waals surface area contributed by atoms with Crippen LogP contribution in [0.5, 0.6) is 0 Å². The van der Waals surface area contributed by atoms with Crippen LogP contribution in [0.15, 0.2) is 0 Å². The Hall–Kier alpha value is -0.0800. The molecule has 1 aliphatic heterocycles. The largest absolute Gasteiger partial charge is 0.317 e. The predicted octanol–water partition coefficient (Wildman–Crippen LogP) is 1.86. The molecule has 0 aliphatic carbocycles. The van der Waals surface area contributed by atoms with E-state index < -0.39 is 0 Å². The third-order valence-corrected chi connectivity index (χ3v) is 3.00. The summed E-state index contributed by atoms with van der Waals surface area (Å²) in [6.45, 7) is 5.90. The van der Waals surface area contributed by atoms with E-state index in [1.807, 2.05) is 0 Å². The maximum absolute atomic E-state index is 3.48. The van der Waals surface area contributed by atoms with Crippen LogP contribution in [-0.2, 0) is 0 Å². The minimum Gasteiger partial charge on any atom is -0.317 e. The second-order valence-corrected chi connectivity index (χ2v) is 4.17. The molecule has 2 nitrogen and oxygen atoms in total. The molecule has 1 rings (SSSR count). The van der Waals surface area contributed by atoms with Crippen molar-refractivity contribution in [3.05, 3.63) is 0 Å². The minimum absolute atomic E-state index is 0.845. The van der Waals surface area contributed by atoms with Crippen LogP contribution in [0.25, 0.3) is 0 Å². The molecule has 0 amide bonds. The summed E-state index contributed by atoms with van der Waals surface area (Å²) in [6, 6.07) is 0.845. The lowest BCUT2D eigenvalue weighted by Gasteiger charge is -2.32. The van der Waals surface area contributed by atoms with Gasteiger partial charge in [0.25, 0.3) is 0 Å². The van der Waals surface area contributed by atoms with Gasteiger partial charge in [-0.15, -0.1) is 0 Å². The smallest absolute Gasteiger partial charge is 0.0104 e. The topological polar surface area (TPSA) is 15.3 Å². The summed E-state index contributed by atoms with van der Waals surface area (Å²) < 4.78 is 0. The Morgan fingerprint density at radius 3 is 2.85 bits per heavy atom. The van der Waals surface area contributed by atoms with Crippen molar-refractivity contribution in [3.8, 4) is 0 Å². The minimum atomic E-state index is 0.845. The SMILES string of the molecule is CCCNCCC1CCCCN1C. The van der Waals surface area contributed by atoms with Gasteiger partial charge in [-0.2, -0.15) is 0 Å². The lowest BCUT2D eigenvalue weighted by molar-refractivity contribution is 0.175. The molecule has 0 aromatic heterocycles. The summed E-state index contributed by atoms with van der Waals surface area (Å²) in [5.41, 5.74) is 0. The average molecular weight is 184 g/mol. The van der Waals surface area contributed by atoms with E-state index in [4.69, 9.17) is 0 Å². The van der Waals surface area contributed by atoms with Crippen molar-refractivity contribution in [1.29, 1.82) is 0 Å². The van der Waals surface area contributed by atoms with Crippen molar-refractivity contribution in [2.75, 3.05) is 26.7 Å². The molecule has 0 radical (unpaired) electrons. The van der Waals surface area contributed by atoms with Crippen LogP contribution in [0.3, 0.4) is 0 Å². The zero-order chi connectivity index (χ0) is 9.52. The first-order valence-corrected chi connectivity index (χ1v) is 5.75. The molecule has 1 unspecified atom stereocenters. The highest BCUT2D eigenvalue weighted by Crippen LogP contribution is 2.16. The molecule has 13 heavy (non-hydrogen) atoms. The van der Waals surface area contributed by atoms with Gasteiger partial charge in [-0.3, -0.25) is 0 Å². The van der Waals surface area contributed by atoms with Gasteiger partial charge in [0.2, 0.25) is 0 Å². The molecule has 78 valence electrons. The number of rotatable bonds is 5. The highest BCUT2D eigenvalue weighted by Gasteiger charge is 2.17. The Kier molecular flexibility index (Phi) is 5.40. The summed E-state index contributed by atoms with van der Waals surface area (Å²) in [4.78, 5) is 2.52. The molecule has 1 atom stereocenters. The Morgan fingerprint density at radius 2 is 2.15 bits per heavy atom. The Bertz CT molecular complexity index is 125. The number of hydrogen-bond donors (Lipinski definition) is 1. The molecular formula is C11H24N2. The monoisotopic (exact) mass is 184 g/mol. The predicted molar refractivity (Wildman–Crippen MR) is 58.0 cm³/mol. The summed E-state index contributed by atoms with van der Waals surface area (Å²) in [6.07, 6.45) is 6.82. The van der Waals surface area contributed by atoms with Crippen LogP contribution in [0, 0.1) is 0 Å². The van der Waals surface area contributed by atoms with Gasteiger partial charge < -0.3 is 10.2 Å². The third kappa shape index (κ3) is 4.10. The second kappa shape index (κ2) is 6.39. The Balaban J connectivity index is 2.05. The highest BCUT2D eigenvalue weighted by atomic mass is 15.1. The molecule has 1 heterocycles. The maximum atomic E-state index is 3.48. The van der Waals surface area contributed by atoms with E-state index in [0.717, 1.165) is 6.04 Å². The second-order valence-electron chi connectivity index (χ2n) is 4.17. The van der Waals surface area contributed by atoms with Gasteiger partial charge in [-0.05, 0) is 52.4 Å². The van der Waals surface area contributed by atoms with Gasteiger partial charge in [0.05, 0.1) is 0 Å². The molecule has 1 fully saturated rings. The van der Waals surface area contributed by atoms with Crippen molar-refractivity contribution in [2.45, 2.75) is 45.1 Å². The molecule has 2 heteroatoms. The van der Waals surface area contributed by atoms with Gasteiger partial charge in [0.1, 0.15) is 0 Å². The number of nitrogens with zero attached hydrogens (tertiary/aromatic N) is 1. The molecule has 0 aromatic rings. The van der Waals surface area contributed by atoms with E-state index in [2.05, 4.69) is 24.2 Å². The molecule has 1 N–H and O–H groups in total. The lowest BCUT2D eigenvalue weighted by atomic mass is 10.0. The zero-order valence-electron chi connectivity index (χ0n) is 9.18. The normalized spacial score (nSPS) is 24.9. The number of nitrogens with one attached hydrogen (secondary N) is 1. The van der Waals surface area contributed by atoms with Crippen LogP contribution in [-0.4, -0.2) is 37.6 Å². The molecule has 0 bridgehead atoms. The first-order chi connectivity index (χ1) is 6.34. The van der Waals surface area contributed by atoms with Gasteiger partial charge >= 0.3 is 0 Å². The fraction of sp³-hybridized carbons (Fsp3) is 1.00. The molecule has 0 saturated carbocycles.